The number of hydrogen-bond donors (Lipinski definition) is 2. The molecule has 2 N–H and O–H groups in total. The van der Waals surface area contributed by atoms with Crippen LogP contribution in [0.2, 0.25) is 0 Å². The second-order valence-corrected chi connectivity index (χ2v) is 5.08. The van der Waals surface area contributed by atoms with Crippen molar-refractivity contribution in [2.24, 2.45) is 7.05 Å². The van der Waals surface area contributed by atoms with Crippen LogP contribution in [0, 0.1) is 0 Å². The normalized spacial score (nSPS) is 16.9. The van der Waals surface area contributed by atoms with Crippen LogP contribution in [0.25, 0.3) is 11.0 Å². The molecule has 19 heavy (non-hydrogen) atoms. The molecule has 0 saturated carbocycles. The summed E-state index contributed by atoms with van der Waals surface area (Å²) in [6.45, 7) is 6.61. The van der Waals surface area contributed by atoms with Gasteiger partial charge in [0.2, 0.25) is 0 Å². The first kappa shape index (κ1) is 12.4. The lowest BCUT2D eigenvalue weighted by molar-refractivity contribution is 0.249. The fraction of sp³-hybridized carbons (Fsp3) is 0.500. The molecule has 0 unspecified atom stereocenters. The van der Waals surface area contributed by atoms with Gasteiger partial charge >= 0.3 is 0 Å². The first-order valence-electron chi connectivity index (χ1n) is 6.91. The molecule has 1 aromatic heterocycles. The van der Waals surface area contributed by atoms with Crippen molar-refractivity contribution in [1.82, 2.24) is 19.8 Å². The highest BCUT2D eigenvalue weighted by Crippen LogP contribution is 2.17. The Bertz CT molecular complexity index is 542. The van der Waals surface area contributed by atoms with Gasteiger partial charge in [0.25, 0.3) is 0 Å². The first-order valence-corrected chi connectivity index (χ1v) is 6.91. The summed E-state index contributed by atoms with van der Waals surface area (Å²) in [5.41, 5.74) is 3.38. The maximum absolute atomic E-state index is 4.38. The summed E-state index contributed by atoms with van der Waals surface area (Å²) in [6, 6.07) is 6.37. The van der Waals surface area contributed by atoms with Gasteiger partial charge in [0.15, 0.2) is 0 Å². The fourth-order valence-corrected chi connectivity index (χ4v) is 2.54. The Morgan fingerprint density at radius 3 is 3.00 bits per heavy atom. The van der Waals surface area contributed by atoms with Crippen LogP contribution in [-0.4, -0.2) is 53.7 Å². The number of hydrogen-bond acceptors (Lipinski definition) is 4. The molecule has 0 bridgehead atoms. The topological polar surface area (TPSA) is 45.1 Å². The molecule has 102 valence electrons. The van der Waals surface area contributed by atoms with Crippen LogP contribution in [0.15, 0.2) is 24.5 Å². The minimum atomic E-state index is 0.984. The number of nitrogens with one attached hydrogen (secondary N) is 2. The van der Waals surface area contributed by atoms with E-state index in [-0.39, 0.29) is 0 Å². The maximum atomic E-state index is 4.38. The predicted molar refractivity (Wildman–Crippen MR) is 78.5 cm³/mol. The van der Waals surface area contributed by atoms with Gasteiger partial charge in [-0.3, -0.25) is 4.90 Å². The minimum absolute atomic E-state index is 0.984. The van der Waals surface area contributed by atoms with Gasteiger partial charge in [-0.1, -0.05) is 0 Å². The van der Waals surface area contributed by atoms with Crippen LogP contribution in [0.5, 0.6) is 0 Å². The van der Waals surface area contributed by atoms with Crippen molar-refractivity contribution < 1.29 is 0 Å². The molecule has 0 amide bonds. The molecule has 1 saturated heterocycles. The highest BCUT2D eigenvalue weighted by molar-refractivity contribution is 5.79. The molecular weight excluding hydrogens is 238 g/mol. The van der Waals surface area contributed by atoms with E-state index in [2.05, 4.69) is 38.7 Å². The number of rotatable bonds is 4. The van der Waals surface area contributed by atoms with E-state index >= 15 is 0 Å². The Hall–Kier alpha value is -1.59. The zero-order valence-corrected chi connectivity index (χ0v) is 11.4. The van der Waals surface area contributed by atoms with Crippen molar-refractivity contribution in [1.29, 1.82) is 0 Å². The largest absolute Gasteiger partial charge is 0.384 e. The van der Waals surface area contributed by atoms with E-state index in [0.29, 0.717) is 0 Å². The zero-order chi connectivity index (χ0) is 13.1. The Morgan fingerprint density at radius 2 is 2.16 bits per heavy atom. The van der Waals surface area contributed by atoms with E-state index in [4.69, 9.17) is 0 Å². The maximum Gasteiger partial charge on any atom is 0.0955 e. The summed E-state index contributed by atoms with van der Waals surface area (Å²) < 4.78 is 2.04. The Kier molecular flexibility index (Phi) is 3.66. The van der Waals surface area contributed by atoms with Gasteiger partial charge in [-0.05, 0) is 18.2 Å². The summed E-state index contributed by atoms with van der Waals surface area (Å²) in [4.78, 5) is 6.87. The molecular formula is C14H21N5. The van der Waals surface area contributed by atoms with E-state index < -0.39 is 0 Å². The van der Waals surface area contributed by atoms with Crippen molar-refractivity contribution in [3.63, 3.8) is 0 Å². The number of anilines is 1. The molecule has 0 spiro atoms. The van der Waals surface area contributed by atoms with Crippen molar-refractivity contribution in [3.05, 3.63) is 24.5 Å². The molecule has 1 aliphatic rings. The average Bonchev–Trinajstić information content (AvgIpc) is 2.81. The van der Waals surface area contributed by atoms with Crippen LogP contribution in [0.3, 0.4) is 0 Å². The smallest absolute Gasteiger partial charge is 0.0955 e. The molecule has 1 fully saturated rings. The monoisotopic (exact) mass is 259 g/mol. The summed E-state index contributed by atoms with van der Waals surface area (Å²) in [6.07, 6.45) is 1.86. The molecule has 0 atom stereocenters. The SMILES string of the molecule is Cn1cnc2cc(NCCN3CCNCC3)ccc21. The van der Waals surface area contributed by atoms with Crippen LogP contribution in [-0.2, 0) is 7.05 Å². The lowest BCUT2D eigenvalue weighted by atomic mass is 10.2. The van der Waals surface area contributed by atoms with Crippen LogP contribution in [0.4, 0.5) is 5.69 Å². The Balaban J connectivity index is 1.56. The number of nitrogens with zero attached hydrogens (tertiary/aromatic N) is 3. The summed E-state index contributed by atoms with van der Waals surface area (Å²) in [7, 11) is 2.02. The average molecular weight is 259 g/mol. The van der Waals surface area contributed by atoms with Gasteiger partial charge in [-0.15, -0.1) is 0 Å². The van der Waals surface area contributed by atoms with E-state index in [1.807, 2.05) is 17.9 Å². The van der Waals surface area contributed by atoms with Crippen molar-refractivity contribution in [2.45, 2.75) is 0 Å². The predicted octanol–water partition coefficient (Wildman–Crippen LogP) is 0.890. The quantitative estimate of drug-likeness (QED) is 0.856. The highest BCUT2D eigenvalue weighted by Gasteiger charge is 2.08. The van der Waals surface area contributed by atoms with E-state index in [9.17, 15) is 0 Å². The molecule has 2 aromatic rings. The summed E-state index contributed by atoms with van der Waals surface area (Å²) in [5.74, 6) is 0. The van der Waals surface area contributed by atoms with Gasteiger partial charge < -0.3 is 15.2 Å². The van der Waals surface area contributed by atoms with E-state index in [1.165, 1.54) is 5.52 Å². The van der Waals surface area contributed by atoms with Crippen molar-refractivity contribution in [3.8, 4) is 0 Å². The molecule has 0 aliphatic carbocycles. The second-order valence-electron chi connectivity index (χ2n) is 5.08. The van der Waals surface area contributed by atoms with Gasteiger partial charge in [0.1, 0.15) is 0 Å². The molecule has 5 heteroatoms. The molecule has 0 radical (unpaired) electrons. The van der Waals surface area contributed by atoms with E-state index in [0.717, 1.165) is 50.5 Å². The fourth-order valence-electron chi connectivity index (χ4n) is 2.54. The van der Waals surface area contributed by atoms with Crippen LogP contribution < -0.4 is 10.6 Å². The Morgan fingerprint density at radius 1 is 1.32 bits per heavy atom. The van der Waals surface area contributed by atoms with Crippen LogP contribution in [0.1, 0.15) is 0 Å². The standard InChI is InChI=1S/C14H21N5/c1-18-11-17-13-10-12(2-3-14(13)18)16-6-9-19-7-4-15-5-8-19/h2-3,10-11,15-16H,4-9H2,1H3. The number of benzene rings is 1. The lowest BCUT2D eigenvalue weighted by Gasteiger charge is -2.27. The first-order chi connectivity index (χ1) is 9.33. The molecule has 3 rings (SSSR count). The third-order valence-electron chi connectivity index (χ3n) is 3.69. The van der Waals surface area contributed by atoms with E-state index in [1.54, 1.807) is 0 Å². The van der Waals surface area contributed by atoms with Crippen molar-refractivity contribution >= 4 is 16.7 Å². The Labute approximate surface area is 113 Å². The third kappa shape index (κ3) is 2.88. The minimum Gasteiger partial charge on any atom is -0.384 e. The number of piperazine rings is 1. The zero-order valence-electron chi connectivity index (χ0n) is 11.4. The third-order valence-corrected chi connectivity index (χ3v) is 3.69. The number of imidazole rings is 1. The van der Waals surface area contributed by atoms with Crippen LogP contribution >= 0.6 is 0 Å². The number of fused-ring (bicyclic) bond motifs is 1. The van der Waals surface area contributed by atoms with Gasteiger partial charge in [-0.25, -0.2) is 4.98 Å². The highest BCUT2D eigenvalue weighted by atomic mass is 15.2. The van der Waals surface area contributed by atoms with Gasteiger partial charge in [0, 0.05) is 52.0 Å². The summed E-state index contributed by atoms with van der Waals surface area (Å²) in [5, 5.41) is 6.85. The molecule has 1 aromatic carbocycles. The van der Waals surface area contributed by atoms with Crippen molar-refractivity contribution in [2.75, 3.05) is 44.6 Å². The molecule has 1 aliphatic heterocycles. The number of aryl methyl sites for hydroxylation is 1. The van der Waals surface area contributed by atoms with Gasteiger partial charge in [-0.2, -0.15) is 0 Å². The molecule has 2 heterocycles. The lowest BCUT2D eigenvalue weighted by Crippen LogP contribution is -2.45. The molecule has 5 nitrogen and oxygen atoms in total. The summed E-state index contributed by atoms with van der Waals surface area (Å²) >= 11 is 0. The number of aromatic nitrogens is 2. The second kappa shape index (κ2) is 5.59. The van der Waals surface area contributed by atoms with Gasteiger partial charge in [0.05, 0.1) is 17.4 Å².